The number of nitrogens with one attached hydrogen (secondary N) is 1. The Morgan fingerprint density at radius 3 is 2.34 bits per heavy atom. The maximum absolute atomic E-state index is 12.8. The Labute approximate surface area is 186 Å². The van der Waals surface area contributed by atoms with E-state index in [1.165, 1.54) is 25.2 Å². The molecule has 1 heterocycles. The first-order chi connectivity index (χ1) is 15.3. The van der Waals surface area contributed by atoms with Crippen molar-refractivity contribution in [3.8, 4) is 0 Å². The average molecular weight is 432 g/mol. The summed E-state index contributed by atoms with van der Waals surface area (Å²) in [7, 11) is 2.48. The van der Waals surface area contributed by atoms with Crippen molar-refractivity contribution in [2.45, 2.75) is 13.8 Å². The van der Waals surface area contributed by atoms with Gasteiger partial charge in [0.1, 0.15) is 5.70 Å². The molecular formula is C25H24N2O5. The third-order valence-electron chi connectivity index (χ3n) is 4.92. The molecule has 0 bridgehead atoms. The van der Waals surface area contributed by atoms with Crippen LogP contribution in [0.2, 0.25) is 0 Å². The fraction of sp³-hybridized carbons (Fsp3) is 0.160. The lowest BCUT2D eigenvalue weighted by Crippen LogP contribution is -2.27. The molecule has 0 aliphatic carbocycles. The van der Waals surface area contributed by atoms with Crippen molar-refractivity contribution >= 4 is 29.2 Å². The van der Waals surface area contributed by atoms with E-state index in [2.05, 4.69) is 5.32 Å². The zero-order valence-electron chi connectivity index (χ0n) is 18.3. The molecule has 0 unspecified atom stereocenters. The average Bonchev–Trinajstić information content (AvgIpc) is 3.02. The number of anilines is 2. The molecule has 0 spiro atoms. The van der Waals surface area contributed by atoms with E-state index in [1.54, 1.807) is 42.6 Å². The molecule has 0 saturated carbocycles. The normalized spacial score (nSPS) is 12.9. The maximum Gasteiger partial charge on any atom is 0.355 e. The van der Waals surface area contributed by atoms with Gasteiger partial charge in [-0.3, -0.25) is 4.79 Å². The van der Waals surface area contributed by atoms with Crippen LogP contribution in [0.3, 0.4) is 0 Å². The number of carbonyl (C=O) groups is 3. The molecule has 2 aromatic carbocycles. The van der Waals surface area contributed by atoms with Gasteiger partial charge in [-0.2, -0.15) is 0 Å². The second kappa shape index (κ2) is 9.78. The van der Waals surface area contributed by atoms with Crippen LogP contribution in [0.15, 0.2) is 78.2 Å². The predicted molar refractivity (Wildman–Crippen MR) is 122 cm³/mol. The predicted octanol–water partition coefficient (Wildman–Crippen LogP) is 4.05. The molecule has 32 heavy (non-hydrogen) atoms. The molecule has 164 valence electrons. The van der Waals surface area contributed by atoms with Crippen molar-refractivity contribution < 1.29 is 23.9 Å². The van der Waals surface area contributed by atoms with E-state index in [-0.39, 0.29) is 17.2 Å². The van der Waals surface area contributed by atoms with Crippen molar-refractivity contribution in [2.75, 3.05) is 24.4 Å². The number of hydrogen-bond donors (Lipinski definition) is 1. The fourth-order valence-electron chi connectivity index (χ4n) is 3.24. The highest BCUT2D eigenvalue weighted by molar-refractivity contribution is 6.07. The van der Waals surface area contributed by atoms with Crippen LogP contribution in [-0.4, -0.2) is 32.1 Å². The minimum atomic E-state index is -0.701. The van der Waals surface area contributed by atoms with Gasteiger partial charge < -0.3 is 19.7 Å². The Morgan fingerprint density at radius 2 is 1.66 bits per heavy atom. The number of allylic oxidation sites excluding steroid dienone is 2. The second-order valence-electron chi connectivity index (χ2n) is 7.14. The molecule has 0 radical (unpaired) electrons. The number of amides is 1. The molecule has 0 saturated heterocycles. The van der Waals surface area contributed by atoms with Gasteiger partial charge in [-0.1, -0.05) is 29.8 Å². The van der Waals surface area contributed by atoms with Gasteiger partial charge in [-0.05, 0) is 55.8 Å². The monoisotopic (exact) mass is 432 g/mol. The minimum Gasteiger partial charge on any atom is -0.465 e. The number of rotatable bonds is 5. The number of carbonyl (C=O) groups excluding carboxylic acids is 3. The SMILES string of the molecule is COC(=O)C1=C(C(=O)OC)N(c2ccc(C)c(NC(=O)c3cccc(C)c3)c2)C=CC=C1. The summed E-state index contributed by atoms with van der Waals surface area (Å²) in [4.78, 5) is 39.2. The molecule has 0 atom stereocenters. The van der Waals surface area contributed by atoms with Crippen LogP contribution in [0.1, 0.15) is 21.5 Å². The van der Waals surface area contributed by atoms with Gasteiger partial charge in [0.15, 0.2) is 0 Å². The quantitative estimate of drug-likeness (QED) is 0.718. The van der Waals surface area contributed by atoms with Gasteiger partial charge in [0.25, 0.3) is 5.91 Å². The minimum absolute atomic E-state index is 0.00386. The van der Waals surface area contributed by atoms with Gasteiger partial charge in [0.2, 0.25) is 0 Å². The smallest absolute Gasteiger partial charge is 0.355 e. The second-order valence-corrected chi connectivity index (χ2v) is 7.14. The Balaban J connectivity index is 2.04. The summed E-state index contributed by atoms with van der Waals surface area (Å²) in [5.41, 5.74) is 3.54. The molecule has 7 heteroatoms. The molecule has 3 rings (SSSR count). The maximum atomic E-state index is 12.8. The van der Waals surface area contributed by atoms with Gasteiger partial charge >= 0.3 is 11.9 Å². The molecule has 0 fully saturated rings. The van der Waals surface area contributed by atoms with Crippen molar-refractivity contribution in [2.24, 2.45) is 0 Å². The highest BCUT2D eigenvalue weighted by Crippen LogP contribution is 2.30. The van der Waals surface area contributed by atoms with Gasteiger partial charge in [0, 0.05) is 23.1 Å². The Morgan fingerprint density at radius 1 is 0.906 bits per heavy atom. The van der Waals surface area contributed by atoms with Crippen molar-refractivity contribution in [3.05, 3.63) is 94.9 Å². The summed E-state index contributed by atoms with van der Waals surface area (Å²) < 4.78 is 9.77. The van der Waals surface area contributed by atoms with E-state index in [0.29, 0.717) is 16.9 Å². The van der Waals surface area contributed by atoms with Crippen LogP contribution < -0.4 is 10.2 Å². The van der Waals surface area contributed by atoms with Crippen LogP contribution in [0.5, 0.6) is 0 Å². The number of aryl methyl sites for hydroxylation is 2. The Bertz CT molecular complexity index is 1160. The van der Waals surface area contributed by atoms with Crippen molar-refractivity contribution in [1.82, 2.24) is 0 Å². The lowest BCUT2D eigenvalue weighted by molar-refractivity contribution is -0.139. The number of benzene rings is 2. The zero-order chi connectivity index (χ0) is 23.3. The summed E-state index contributed by atoms with van der Waals surface area (Å²) in [6, 6.07) is 12.6. The topological polar surface area (TPSA) is 84.9 Å². The van der Waals surface area contributed by atoms with Crippen LogP contribution in [-0.2, 0) is 19.1 Å². The lowest BCUT2D eigenvalue weighted by Gasteiger charge is -2.24. The molecule has 1 N–H and O–H groups in total. The summed E-state index contributed by atoms with van der Waals surface area (Å²) in [5, 5.41) is 2.92. The number of ether oxygens (including phenoxy) is 2. The van der Waals surface area contributed by atoms with E-state index >= 15 is 0 Å². The summed E-state index contributed by atoms with van der Waals surface area (Å²) in [6.45, 7) is 3.79. The van der Waals surface area contributed by atoms with Crippen molar-refractivity contribution in [1.29, 1.82) is 0 Å². The van der Waals surface area contributed by atoms with E-state index in [1.807, 2.05) is 32.0 Å². The first-order valence-electron chi connectivity index (χ1n) is 9.89. The number of nitrogens with zero attached hydrogens (tertiary/aromatic N) is 1. The molecule has 2 aromatic rings. The van der Waals surface area contributed by atoms with Gasteiger partial charge in [0.05, 0.1) is 19.8 Å². The zero-order valence-corrected chi connectivity index (χ0v) is 18.3. The standard InChI is InChI=1S/C25H24N2O5/c1-16-8-7-9-18(14-16)23(28)26-21-15-19(12-11-17(21)2)27-13-6-5-10-20(24(29)31-3)22(27)25(30)32-4/h5-15H,1-4H3,(H,26,28). The Kier molecular flexibility index (Phi) is 6.90. The largest absolute Gasteiger partial charge is 0.465 e. The summed E-state index contributed by atoms with van der Waals surface area (Å²) in [6.07, 6.45) is 6.44. The number of hydrogen-bond acceptors (Lipinski definition) is 6. The van der Waals surface area contributed by atoms with Gasteiger partial charge in [-0.25, -0.2) is 9.59 Å². The van der Waals surface area contributed by atoms with E-state index in [4.69, 9.17) is 9.47 Å². The van der Waals surface area contributed by atoms with Crippen LogP contribution >= 0.6 is 0 Å². The highest BCUT2D eigenvalue weighted by Gasteiger charge is 2.27. The molecule has 1 aliphatic rings. The first-order valence-corrected chi connectivity index (χ1v) is 9.89. The van der Waals surface area contributed by atoms with Crippen LogP contribution in [0.25, 0.3) is 0 Å². The van der Waals surface area contributed by atoms with E-state index in [9.17, 15) is 14.4 Å². The Hall–Kier alpha value is -4.13. The molecule has 0 aromatic heterocycles. The number of esters is 2. The van der Waals surface area contributed by atoms with E-state index < -0.39 is 11.9 Å². The summed E-state index contributed by atoms with van der Waals surface area (Å²) >= 11 is 0. The first kappa shape index (κ1) is 22.6. The molecule has 1 aliphatic heterocycles. The van der Waals surface area contributed by atoms with Crippen LogP contribution in [0, 0.1) is 13.8 Å². The summed E-state index contributed by atoms with van der Waals surface area (Å²) in [5.74, 6) is -1.62. The molecule has 1 amide bonds. The third kappa shape index (κ3) is 4.78. The fourth-order valence-corrected chi connectivity index (χ4v) is 3.24. The molecular weight excluding hydrogens is 408 g/mol. The number of methoxy groups -OCH3 is 2. The highest BCUT2D eigenvalue weighted by atomic mass is 16.5. The van der Waals surface area contributed by atoms with Crippen molar-refractivity contribution in [3.63, 3.8) is 0 Å². The van der Waals surface area contributed by atoms with E-state index in [0.717, 1.165) is 11.1 Å². The van der Waals surface area contributed by atoms with Gasteiger partial charge in [-0.15, -0.1) is 0 Å². The third-order valence-corrected chi connectivity index (χ3v) is 4.92. The van der Waals surface area contributed by atoms with Crippen LogP contribution in [0.4, 0.5) is 11.4 Å². The lowest BCUT2D eigenvalue weighted by atomic mass is 10.1. The molecule has 7 nitrogen and oxygen atoms in total.